The molecule has 0 saturated carbocycles. The summed E-state index contributed by atoms with van der Waals surface area (Å²) >= 11 is 0. The van der Waals surface area contributed by atoms with Crippen LogP contribution in [0.2, 0.25) is 0 Å². The molecule has 5 heteroatoms. The van der Waals surface area contributed by atoms with Gasteiger partial charge in [0.1, 0.15) is 0 Å². The van der Waals surface area contributed by atoms with Gasteiger partial charge in [-0.3, -0.25) is 0 Å². The van der Waals surface area contributed by atoms with Crippen LogP contribution in [0, 0.1) is 0 Å². The third kappa shape index (κ3) is 4.06. The summed E-state index contributed by atoms with van der Waals surface area (Å²) in [6.45, 7) is 2.58. The summed E-state index contributed by atoms with van der Waals surface area (Å²) in [6.07, 6.45) is 3.59. The topological polar surface area (TPSA) is 52.5 Å². The summed E-state index contributed by atoms with van der Waals surface area (Å²) in [5.41, 5.74) is 0.969. The summed E-state index contributed by atoms with van der Waals surface area (Å²) in [7, 11) is 2.07. The van der Waals surface area contributed by atoms with E-state index in [0.717, 1.165) is 30.9 Å². The van der Waals surface area contributed by atoms with E-state index in [1.54, 1.807) is 6.20 Å². The molecular weight excluding hydrogens is 288 g/mol. The number of hydrogen-bond donors (Lipinski definition) is 1. The molecule has 1 aromatic heterocycles. The Kier molecular flexibility index (Phi) is 5.20. The largest absolute Gasteiger partial charge is 0.387 e. The first kappa shape index (κ1) is 15.9. The Bertz CT molecular complexity index is 592. The number of benzene rings is 1. The zero-order valence-electron chi connectivity index (χ0n) is 13.5. The Balaban J connectivity index is 1.58. The predicted molar refractivity (Wildman–Crippen MR) is 91.3 cm³/mol. The lowest BCUT2D eigenvalue weighted by Gasteiger charge is -2.30. The summed E-state index contributed by atoms with van der Waals surface area (Å²) in [5, 5.41) is 18.6. The van der Waals surface area contributed by atoms with Gasteiger partial charge in [-0.2, -0.15) is 5.10 Å². The van der Waals surface area contributed by atoms with Crippen LogP contribution in [0.1, 0.15) is 24.5 Å². The highest BCUT2D eigenvalue weighted by Gasteiger charge is 2.27. The van der Waals surface area contributed by atoms with Gasteiger partial charge < -0.3 is 14.9 Å². The van der Waals surface area contributed by atoms with E-state index < -0.39 is 6.10 Å². The van der Waals surface area contributed by atoms with Gasteiger partial charge in [-0.1, -0.05) is 30.3 Å². The fourth-order valence-corrected chi connectivity index (χ4v) is 3.28. The van der Waals surface area contributed by atoms with Crippen LogP contribution >= 0.6 is 0 Å². The number of aliphatic hydroxyl groups excluding tert-OH is 1. The zero-order valence-corrected chi connectivity index (χ0v) is 13.5. The molecule has 5 nitrogen and oxygen atoms in total. The molecule has 1 aliphatic rings. The van der Waals surface area contributed by atoms with Crippen molar-refractivity contribution in [3.8, 4) is 0 Å². The molecule has 23 heavy (non-hydrogen) atoms. The van der Waals surface area contributed by atoms with Crippen molar-refractivity contribution in [1.82, 2.24) is 15.1 Å². The van der Waals surface area contributed by atoms with Crippen LogP contribution < -0.4 is 4.90 Å². The number of rotatable bonds is 6. The predicted octanol–water partition coefficient (Wildman–Crippen LogP) is 2.11. The SMILES string of the molecule is CN(C[C@H]1CCCN1c1cccnn1)C[C@H](O)c1ccccc1. The molecule has 2 aromatic rings. The minimum atomic E-state index is -0.451. The van der Waals surface area contributed by atoms with Gasteiger partial charge in [-0.05, 0) is 37.6 Å². The molecule has 1 saturated heterocycles. The molecule has 2 atom stereocenters. The average molecular weight is 312 g/mol. The molecule has 122 valence electrons. The second kappa shape index (κ2) is 7.53. The normalized spacial score (nSPS) is 19.3. The minimum Gasteiger partial charge on any atom is -0.387 e. The van der Waals surface area contributed by atoms with Crippen molar-refractivity contribution < 1.29 is 5.11 Å². The van der Waals surface area contributed by atoms with Crippen molar-refractivity contribution in [1.29, 1.82) is 0 Å². The van der Waals surface area contributed by atoms with E-state index in [1.807, 2.05) is 42.5 Å². The van der Waals surface area contributed by atoms with Crippen molar-refractivity contribution >= 4 is 5.82 Å². The van der Waals surface area contributed by atoms with Gasteiger partial charge in [0.05, 0.1) is 6.10 Å². The maximum atomic E-state index is 10.4. The van der Waals surface area contributed by atoms with E-state index in [2.05, 4.69) is 27.0 Å². The van der Waals surface area contributed by atoms with Crippen molar-refractivity contribution in [3.05, 3.63) is 54.2 Å². The first-order valence-electron chi connectivity index (χ1n) is 8.20. The van der Waals surface area contributed by atoms with E-state index in [4.69, 9.17) is 0 Å². The van der Waals surface area contributed by atoms with Crippen LogP contribution in [0.15, 0.2) is 48.7 Å². The maximum Gasteiger partial charge on any atom is 0.151 e. The van der Waals surface area contributed by atoms with E-state index in [0.29, 0.717) is 12.6 Å². The van der Waals surface area contributed by atoms with E-state index in [-0.39, 0.29) is 0 Å². The van der Waals surface area contributed by atoms with Gasteiger partial charge in [0.2, 0.25) is 0 Å². The lowest BCUT2D eigenvalue weighted by molar-refractivity contribution is 0.124. The molecule has 1 N–H and O–H groups in total. The number of aromatic nitrogens is 2. The standard InChI is InChI=1S/C18H24N4O/c1-21(14-17(23)15-7-3-2-4-8-15)13-16-9-6-12-22(16)18-10-5-11-19-20-18/h2-5,7-8,10-11,16-17,23H,6,9,12-14H2,1H3/t16-,17+/m1/s1. The Morgan fingerprint density at radius 2 is 2.09 bits per heavy atom. The number of nitrogens with zero attached hydrogens (tertiary/aromatic N) is 4. The van der Waals surface area contributed by atoms with Gasteiger partial charge in [0, 0.05) is 31.9 Å². The molecule has 0 aliphatic carbocycles. The highest BCUT2D eigenvalue weighted by atomic mass is 16.3. The molecule has 0 radical (unpaired) electrons. The van der Waals surface area contributed by atoms with Crippen LogP contribution in [0.4, 0.5) is 5.82 Å². The molecule has 0 amide bonds. The zero-order chi connectivity index (χ0) is 16.1. The van der Waals surface area contributed by atoms with Crippen LogP contribution in [-0.2, 0) is 0 Å². The number of hydrogen-bond acceptors (Lipinski definition) is 5. The summed E-state index contributed by atoms with van der Waals surface area (Å²) in [5.74, 6) is 0.951. The van der Waals surface area contributed by atoms with Gasteiger partial charge in [-0.25, -0.2) is 0 Å². The molecule has 0 unspecified atom stereocenters. The van der Waals surface area contributed by atoms with Crippen molar-refractivity contribution in [2.24, 2.45) is 0 Å². The Hall–Kier alpha value is -1.98. The van der Waals surface area contributed by atoms with Crippen LogP contribution in [0.3, 0.4) is 0 Å². The summed E-state index contributed by atoms with van der Waals surface area (Å²) in [6, 6.07) is 14.2. The molecule has 1 fully saturated rings. The van der Waals surface area contributed by atoms with Gasteiger partial charge >= 0.3 is 0 Å². The van der Waals surface area contributed by atoms with E-state index in [1.165, 1.54) is 6.42 Å². The lowest BCUT2D eigenvalue weighted by Crippen LogP contribution is -2.40. The van der Waals surface area contributed by atoms with Crippen molar-refractivity contribution in [2.75, 3.05) is 31.6 Å². The number of likely N-dealkylation sites (N-methyl/N-ethyl adjacent to an activating group) is 1. The molecule has 1 aliphatic heterocycles. The third-order valence-electron chi connectivity index (χ3n) is 4.42. The molecular formula is C18H24N4O. The van der Waals surface area contributed by atoms with Crippen molar-refractivity contribution in [3.63, 3.8) is 0 Å². The van der Waals surface area contributed by atoms with Crippen LogP contribution in [0.5, 0.6) is 0 Å². The second-order valence-electron chi connectivity index (χ2n) is 6.22. The summed E-state index contributed by atoms with van der Waals surface area (Å²) in [4.78, 5) is 4.54. The maximum absolute atomic E-state index is 10.4. The minimum absolute atomic E-state index is 0.430. The molecule has 1 aromatic carbocycles. The van der Waals surface area contributed by atoms with Crippen LogP contribution in [0.25, 0.3) is 0 Å². The van der Waals surface area contributed by atoms with Crippen LogP contribution in [-0.4, -0.2) is 52.9 Å². The Morgan fingerprint density at radius 3 is 2.83 bits per heavy atom. The fraction of sp³-hybridized carbons (Fsp3) is 0.444. The van der Waals surface area contributed by atoms with Gasteiger partial charge in [0.15, 0.2) is 5.82 Å². The first-order valence-corrected chi connectivity index (χ1v) is 8.20. The number of aliphatic hydroxyl groups is 1. The fourth-order valence-electron chi connectivity index (χ4n) is 3.28. The summed E-state index contributed by atoms with van der Waals surface area (Å²) < 4.78 is 0. The third-order valence-corrected chi connectivity index (χ3v) is 4.42. The molecule has 2 heterocycles. The first-order chi connectivity index (χ1) is 11.2. The smallest absolute Gasteiger partial charge is 0.151 e. The van der Waals surface area contributed by atoms with Gasteiger partial charge in [0.25, 0.3) is 0 Å². The molecule has 0 spiro atoms. The monoisotopic (exact) mass is 312 g/mol. The lowest BCUT2D eigenvalue weighted by atomic mass is 10.1. The quantitative estimate of drug-likeness (QED) is 0.885. The molecule has 3 rings (SSSR count). The highest BCUT2D eigenvalue weighted by molar-refractivity contribution is 5.39. The van der Waals surface area contributed by atoms with Crippen molar-refractivity contribution in [2.45, 2.75) is 25.0 Å². The highest BCUT2D eigenvalue weighted by Crippen LogP contribution is 2.24. The molecule has 0 bridgehead atoms. The van der Waals surface area contributed by atoms with E-state index >= 15 is 0 Å². The number of anilines is 1. The average Bonchev–Trinajstić information content (AvgIpc) is 3.04. The van der Waals surface area contributed by atoms with Gasteiger partial charge in [-0.15, -0.1) is 5.10 Å². The Morgan fingerprint density at radius 1 is 1.26 bits per heavy atom. The Labute approximate surface area is 137 Å². The van der Waals surface area contributed by atoms with E-state index in [9.17, 15) is 5.11 Å². The second-order valence-corrected chi connectivity index (χ2v) is 6.22.